The van der Waals surface area contributed by atoms with Crippen molar-refractivity contribution in [2.75, 3.05) is 13.1 Å². The van der Waals surface area contributed by atoms with Crippen molar-refractivity contribution in [1.29, 1.82) is 0 Å². The highest BCUT2D eigenvalue weighted by Gasteiger charge is 2.21. The van der Waals surface area contributed by atoms with Gasteiger partial charge in [0.15, 0.2) is 0 Å². The summed E-state index contributed by atoms with van der Waals surface area (Å²) in [5, 5.41) is 3.95. The van der Waals surface area contributed by atoms with Gasteiger partial charge in [-0.1, -0.05) is 32.0 Å². The number of nitrogens with zero attached hydrogens (tertiary/aromatic N) is 1. The second-order valence-corrected chi connectivity index (χ2v) is 8.09. The van der Waals surface area contributed by atoms with E-state index in [0.717, 1.165) is 16.5 Å². The number of nitrogens with one attached hydrogen (secondary N) is 2. The molecule has 0 aliphatic heterocycles. The molecule has 3 aromatic rings. The van der Waals surface area contributed by atoms with Crippen LogP contribution in [0, 0.1) is 0 Å². The third-order valence-electron chi connectivity index (χ3n) is 4.57. The topological polar surface area (TPSA) is 82.3 Å². The summed E-state index contributed by atoms with van der Waals surface area (Å²) < 4.78 is 26.4. The van der Waals surface area contributed by atoms with Crippen LogP contribution in [0.15, 0.2) is 59.6 Å². The van der Waals surface area contributed by atoms with E-state index in [4.69, 9.17) is 0 Å². The van der Waals surface area contributed by atoms with E-state index in [2.05, 4.69) is 10.3 Å². The molecule has 3 rings (SSSR count). The third-order valence-corrected chi connectivity index (χ3v) is 6.64. The number of hydrogen-bond acceptors (Lipinski definition) is 3. The van der Waals surface area contributed by atoms with Crippen LogP contribution in [0.2, 0.25) is 0 Å². The van der Waals surface area contributed by atoms with E-state index >= 15 is 0 Å². The predicted molar refractivity (Wildman–Crippen MR) is 106 cm³/mol. The van der Waals surface area contributed by atoms with Crippen LogP contribution in [0.1, 0.15) is 29.8 Å². The lowest BCUT2D eigenvalue weighted by Gasteiger charge is -2.18. The quantitative estimate of drug-likeness (QED) is 0.655. The minimum Gasteiger partial charge on any atom is -0.361 e. The molecule has 2 aromatic carbocycles. The van der Waals surface area contributed by atoms with Crippen molar-refractivity contribution in [3.05, 3.63) is 65.9 Å². The van der Waals surface area contributed by atoms with Crippen molar-refractivity contribution in [2.24, 2.45) is 0 Å². The number of carbonyl (C=O) groups is 1. The Labute approximate surface area is 159 Å². The number of sulfonamides is 1. The van der Waals surface area contributed by atoms with Crippen LogP contribution in [-0.4, -0.2) is 36.7 Å². The molecule has 6 nitrogen and oxygen atoms in total. The van der Waals surface area contributed by atoms with E-state index in [9.17, 15) is 13.2 Å². The Hall–Kier alpha value is -2.64. The molecule has 0 saturated heterocycles. The van der Waals surface area contributed by atoms with Gasteiger partial charge in [0.25, 0.3) is 5.91 Å². The number of fused-ring (bicyclic) bond motifs is 1. The lowest BCUT2D eigenvalue weighted by atomic mass is 10.1. The van der Waals surface area contributed by atoms with Crippen LogP contribution in [0.4, 0.5) is 0 Å². The normalized spacial score (nSPS) is 11.8. The van der Waals surface area contributed by atoms with Gasteiger partial charge in [0, 0.05) is 42.3 Å². The fraction of sp³-hybridized carbons (Fsp3) is 0.250. The highest BCUT2D eigenvalue weighted by molar-refractivity contribution is 7.89. The Kier molecular flexibility index (Phi) is 5.62. The van der Waals surface area contributed by atoms with E-state index in [1.54, 1.807) is 26.0 Å². The Morgan fingerprint density at radius 1 is 1.04 bits per heavy atom. The van der Waals surface area contributed by atoms with Gasteiger partial charge in [0.2, 0.25) is 10.0 Å². The molecular formula is C20H23N3O3S. The zero-order valence-corrected chi connectivity index (χ0v) is 16.2. The number of para-hydroxylation sites is 1. The predicted octanol–water partition coefficient (Wildman–Crippen LogP) is 3.13. The van der Waals surface area contributed by atoms with Gasteiger partial charge in [-0.3, -0.25) is 4.79 Å². The number of hydrogen-bond donors (Lipinski definition) is 2. The van der Waals surface area contributed by atoms with Crippen LogP contribution in [-0.2, 0) is 16.6 Å². The van der Waals surface area contributed by atoms with E-state index in [1.165, 1.54) is 16.4 Å². The highest BCUT2D eigenvalue weighted by atomic mass is 32.2. The molecule has 0 fully saturated rings. The molecule has 1 heterocycles. The molecule has 27 heavy (non-hydrogen) atoms. The first-order valence-electron chi connectivity index (χ1n) is 8.90. The molecule has 2 N–H and O–H groups in total. The number of amides is 1. The van der Waals surface area contributed by atoms with Crippen LogP contribution in [0.25, 0.3) is 10.9 Å². The van der Waals surface area contributed by atoms with Gasteiger partial charge in [-0.15, -0.1) is 0 Å². The molecule has 0 aliphatic carbocycles. The lowest BCUT2D eigenvalue weighted by Crippen LogP contribution is -2.30. The molecule has 1 aromatic heterocycles. The Balaban J connectivity index is 1.71. The number of H-pyrrole nitrogens is 1. The van der Waals surface area contributed by atoms with Crippen molar-refractivity contribution >= 4 is 26.8 Å². The number of aromatic nitrogens is 1. The van der Waals surface area contributed by atoms with Gasteiger partial charge in [0.1, 0.15) is 0 Å². The fourth-order valence-corrected chi connectivity index (χ4v) is 4.50. The summed E-state index contributed by atoms with van der Waals surface area (Å²) >= 11 is 0. The second-order valence-electron chi connectivity index (χ2n) is 6.16. The van der Waals surface area contributed by atoms with Crippen molar-refractivity contribution in [2.45, 2.75) is 25.3 Å². The van der Waals surface area contributed by atoms with Crippen LogP contribution < -0.4 is 5.32 Å². The van der Waals surface area contributed by atoms with E-state index < -0.39 is 10.0 Å². The minimum absolute atomic E-state index is 0.194. The van der Waals surface area contributed by atoms with Gasteiger partial charge in [-0.2, -0.15) is 4.31 Å². The molecule has 7 heteroatoms. The number of carbonyl (C=O) groups excluding carboxylic acids is 1. The number of benzene rings is 2. The molecule has 0 aliphatic rings. The van der Waals surface area contributed by atoms with Gasteiger partial charge in [0.05, 0.1) is 4.90 Å². The zero-order chi connectivity index (χ0) is 19.4. The molecule has 0 radical (unpaired) electrons. The molecule has 0 atom stereocenters. The minimum atomic E-state index is -3.52. The summed E-state index contributed by atoms with van der Waals surface area (Å²) in [4.78, 5) is 15.8. The summed E-state index contributed by atoms with van der Waals surface area (Å²) in [7, 11) is -3.52. The Morgan fingerprint density at radius 2 is 1.70 bits per heavy atom. The van der Waals surface area contributed by atoms with Gasteiger partial charge in [-0.05, 0) is 35.9 Å². The SMILES string of the molecule is CCN(CC)S(=O)(=O)c1ccc(C(=O)NCc2c[nH]c3ccccc23)cc1. The molecule has 0 unspecified atom stereocenters. The summed E-state index contributed by atoms with van der Waals surface area (Å²) in [5.41, 5.74) is 2.45. The molecule has 0 spiro atoms. The number of rotatable bonds is 7. The van der Waals surface area contributed by atoms with E-state index in [-0.39, 0.29) is 10.8 Å². The first kappa shape index (κ1) is 19.1. The fourth-order valence-electron chi connectivity index (χ4n) is 3.05. The molecular weight excluding hydrogens is 362 g/mol. The van der Waals surface area contributed by atoms with Crippen molar-refractivity contribution < 1.29 is 13.2 Å². The van der Waals surface area contributed by atoms with Crippen LogP contribution >= 0.6 is 0 Å². The number of aromatic amines is 1. The molecule has 142 valence electrons. The van der Waals surface area contributed by atoms with Crippen molar-refractivity contribution in [3.8, 4) is 0 Å². The molecule has 0 saturated carbocycles. The monoisotopic (exact) mass is 385 g/mol. The van der Waals surface area contributed by atoms with Crippen molar-refractivity contribution in [3.63, 3.8) is 0 Å². The zero-order valence-electron chi connectivity index (χ0n) is 15.4. The first-order chi connectivity index (χ1) is 13.0. The second kappa shape index (κ2) is 7.94. The van der Waals surface area contributed by atoms with Crippen LogP contribution in [0.3, 0.4) is 0 Å². The van der Waals surface area contributed by atoms with Gasteiger partial charge in [-0.25, -0.2) is 8.42 Å². The Bertz CT molecular complexity index is 1040. The smallest absolute Gasteiger partial charge is 0.251 e. The molecule has 1 amide bonds. The van der Waals surface area contributed by atoms with Crippen LogP contribution in [0.5, 0.6) is 0 Å². The third kappa shape index (κ3) is 3.89. The van der Waals surface area contributed by atoms with E-state index in [1.807, 2.05) is 30.5 Å². The first-order valence-corrected chi connectivity index (χ1v) is 10.3. The largest absolute Gasteiger partial charge is 0.361 e. The average molecular weight is 385 g/mol. The summed E-state index contributed by atoms with van der Waals surface area (Å²) in [5.74, 6) is -0.243. The maximum absolute atomic E-state index is 12.5. The highest BCUT2D eigenvalue weighted by Crippen LogP contribution is 2.18. The molecule has 0 bridgehead atoms. The lowest BCUT2D eigenvalue weighted by molar-refractivity contribution is 0.0951. The van der Waals surface area contributed by atoms with E-state index in [0.29, 0.717) is 25.2 Å². The van der Waals surface area contributed by atoms with Gasteiger partial charge < -0.3 is 10.3 Å². The Morgan fingerprint density at radius 3 is 2.37 bits per heavy atom. The maximum atomic E-state index is 12.5. The summed E-state index contributed by atoms with van der Waals surface area (Å²) in [6.45, 7) is 4.81. The standard InChI is InChI=1S/C20H23N3O3S/c1-3-23(4-2)27(25,26)17-11-9-15(10-12-17)20(24)22-14-16-13-21-19-8-6-5-7-18(16)19/h5-13,21H,3-4,14H2,1-2H3,(H,22,24). The van der Waals surface area contributed by atoms with Gasteiger partial charge >= 0.3 is 0 Å². The summed E-state index contributed by atoms with van der Waals surface area (Å²) in [6, 6.07) is 13.9. The average Bonchev–Trinajstić information content (AvgIpc) is 3.10. The maximum Gasteiger partial charge on any atom is 0.251 e. The van der Waals surface area contributed by atoms with Crippen molar-refractivity contribution in [1.82, 2.24) is 14.6 Å². The summed E-state index contributed by atoms with van der Waals surface area (Å²) in [6.07, 6.45) is 1.88.